The van der Waals surface area contributed by atoms with Gasteiger partial charge in [0.1, 0.15) is 5.58 Å². The average molecular weight is 868 g/mol. The Balaban J connectivity index is 0.884. The highest BCUT2D eigenvalue weighted by Crippen LogP contribution is 2.47. The number of nitrogens with zero attached hydrogens (tertiary/aromatic N) is 3. The molecule has 318 valence electrons. The molecule has 4 heteroatoms. The molecule has 0 aliphatic carbocycles. The van der Waals surface area contributed by atoms with Gasteiger partial charge in [0.05, 0.1) is 22.4 Å². The largest absolute Gasteiger partial charge is 0.454 e. The molecule has 4 nitrogen and oxygen atoms in total. The lowest BCUT2D eigenvalue weighted by molar-refractivity contribution is 0.669. The predicted octanol–water partition coefficient (Wildman–Crippen LogP) is 18.2. The molecular formula is C64H41N3O. The Bertz CT molecular complexity index is 4170. The van der Waals surface area contributed by atoms with Crippen molar-refractivity contribution in [3.05, 3.63) is 249 Å². The van der Waals surface area contributed by atoms with Crippen LogP contribution in [0.3, 0.4) is 0 Å². The van der Waals surface area contributed by atoms with Crippen LogP contribution in [0.4, 0.5) is 34.1 Å². The molecule has 2 heterocycles. The van der Waals surface area contributed by atoms with Crippen LogP contribution in [0.15, 0.2) is 253 Å². The van der Waals surface area contributed by atoms with E-state index in [4.69, 9.17) is 4.42 Å². The summed E-state index contributed by atoms with van der Waals surface area (Å²) in [6, 6.07) is 89.9. The summed E-state index contributed by atoms with van der Waals surface area (Å²) in [7, 11) is 0. The third kappa shape index (κ3) is 5.94. The van der Waals surface area contributed by atoms with Gasteiger partial charge in [-0.1, -0.05) is 146 Å². The lowest BCUT2D eigenvalue weighted by Gasteiger charge is -2.28. The molecule has 14 aromatic rings. The summed E-state index contributed by atoms with van der Waals surface area (Å²) >= 11 is 0. The van der Waals surface area contributed by atoms with Crippen LogP contribution in [0.25, 0.3) is 92.9 Å². The van der Waals surface area contributed by atoms with Crippen LogP contribution in [0.5, 0.6) is 0 Å². The van der Waals surface area contributed by atoms with Gasteiger partial charge < -0.3 is 18.8 Å². The molecule has 68 heavy (non-hydrogen) atoms. The van der Waals surface area contributed by atoms with Crippen LogP contribution in [0.1, 0.15) is 0 Å². The first-order valence-electron chi connectivity index (χ1n) is 23.2. The van der Waals surface area contributed by atoms with E-state index in [1.54, 1.807) is 0 Å². The number of rotatable bonds is 8. The third-order valence-corrected chi connectivity index (χ3v) is 13.9. The summed E-state index contributed by atoms with van der Waals surface area (Å²) in [5.41, 5.74) is 14.1. The first-order chi connectivity index (χ1) is 33.7. The van der Waals surface area contributed by atoms with E-state index in [-0.39, 0.29) is 0 Å². The molecule has 0 saturated carbocycles. The molecule has 0 unspecified atom stereocenters. The molecule has 0 atom stereocenters. The fourth-order valence-electron chi connectivity index (χ4n) is 10.8. The van der Waals surface area contributed by atoms with E-state index in [1.165, 1.54) is 59.7 Å². The maximum atomic E-state index is 6.56. The number of benzene rings is 12. The molecule has 0 aliphatic rings. The fourth-order valence-corrected chi connectivity index (χ4v) is 10.8. The number of hydrogen-bond acceptors (Lipinski definition) is 3. The van der Waals surface area contributed by atoms with Gasteiger partial charge in [0, 0.05) is 55.4 Å². The van der Waals surface area contributed by atoms with Crippen LogP contribution < -0.4 is 9.80 Å². The van der Waals surface area contributed by atoms with Crippen molar-refractivity contribution in [1.82, 2.24) is 4.57 Å². The molecule has 0 radical (unpaired) electrons. The van der Waals surface area contributed by atoms with Gasteiger partial charge in [0.2, 0.25) is 0 Å². The smallest absolute Gasteiger partial charge is 0.159 e. The number of furan rings is 1. The zero-order chi connectivity index (χ0) is 44.7. The second-order valence-corrected chi connectivity index (χ2v) is 17.7. The maximum absolute atomic E-state index is 6.56. The number of para-hydroxylation sites is 6. The Morgan fingerprint density at radius 1 is 0.309 bits per heavy atom. The van der Waals surface area contributed by atoms with Gasteiger partial charge in [-0.25, -0.2) is 0 Å². The standard InChI is InChI=1S/C64H41N3O/c1-4-15-47(16-5-1)65(60-25-14-23-54-53-22-11-13-26-61(53)68-64(54)60)50-33-29-42(30-34-50)46-39-44-28-27-43-32-37-58(55-36-31-45(40-46)62(44)63(43)55)66(48-17-6-2-7-18-48)51-35-38-59-56(41-51)52-21-10-12-24-57(52)67(59)49-19-8-3-9-20-49/h1-41H. The second kappa shape index (κ2) is 15.2. The quantitative estimate of drug-likeness (QED) is 0.142. The minimum atomic E-state index is 0.872. The van der Waals surface area contributed by atoms with Crippen molar-refractivity contribution < 1.29 is 4.42 Å². The Hall–Kier alpha value is -9.12. The average Bonchev–Trinajstić information content (AvgIpc) is 3.96. The van der Waals surface area contributed by atoms with E-state index in [1.807, 2.05) is 12.1 Å². The highest BCUT2D eigenvalue weighted by atomic mass is 16.3. The summed E-state index contributed by atoms with van der Waals surface area (Å²) in [6.45, 7) is 0. The molecule has 0 fully saturated rings. The van der Waals surface area contributed by atoms with Gasteiger partial charge >= 0.3 is 0 Å². The van der Waals surface area contributed by atoms with Crippen LogP contribution in [-0.4, -0.2) is 4.57 Å². The summed E-state index contributed by atoms with van der Waals surface area (Å²) in [4.78, 5) is 4.73. The van der Waals surface area contributed by atoms with E-state index in [0.29, 0.717) is 0 Å². The molecular weight excluding hydrogens is 827 g/mol. The van der Waals surface area contributed by atoms with Crippen molar-refractivity contribution in [3.8, 4) is 16.8 Å². The summed E-state index contributed by atoms with van der Waals surface area (Å²) < 4.78 is 8.94. The highest BCUT2D eigenvalue weighted by molar-refractivity contribution is 6.26. The van der Waals surface area contributed by atoms with E-state index in [9.17, 15) is 0 Å². The molecule has 0 spiro atoms. The molecule has 14 rings (SSSR count). The second-order valence-electron chi connectivity index (χ2n) is 17.7. The first-order valence-corrected chi connectivity index (χ1v) is 23.2. The van der Waals surface area contributed by atoms with Crippen molar-refractivity contribution in [1.29, 1.82) is 0 Å². The van der Waals surface area contributed by atoms with Crippen LogP contribution >= 0.6 is 0 Å². The molecule has 12 aromatic carbocycles. The number of fused-ring (bicyclic) bond motifs is 6. The zero-order valence-electron chi connectivity index (χ0n) is 36.9. The number of hydrogen-bond donors (Lipinski definition) is 0. The lowest BCUT2D eigenvalue weighted by Crippen LogP contribution is -2.10. The lowest BCUT2D eigenvalue weighted by atomic mass is 9.90. The highest BCUT2D eigenvalue weighted by Gasteiger charge is 2.22. The predicted molar refractivity (Wildman–Crippen MR) is 287 cm³/mol. The third-order valence-electron chi connectivity index (χ3n) is 13.9. The summed E-state index contributed by atoms with van der Waals surface area (Å²) in [5, 5.41) is 12.1. The van der Waals surface area contributed by atoms with Crippen LogP contribution in [-0.2, 0) is 0 Å². The topological polar surface area (TPSA) is 24.6 Å². The van der Waals surface area contributed by atoms with Crippen molar-refractivity contribution >= 4 is 110 Å². The van der Waals surface area contributed by atoms with Gasteiger partial charge in [-0.3, -0.25) is 0 Å². The van der Waals surface area contributed by atoms with Crippen LogP contribution in [0.2, 0.25) is 0 Å². The monoisotopic (exact) mass is 867 g/mol. The maximum Gasteiger partial charge on any atom is 0.159 e. The minimum Gasteiger partial charge on any atom is -0.454 e. The normalized spacial score (nSPS) is 11.8. The molecule has 2 aromatic heterocycles. The Morgan fingerprint density at radius 2 is 0.882 bits per heavy atom. The summed E-state index contributed by atoms with van der Waals surface area (Å²) in [5.74, 6) is 0. The molecule has 0 saturated heterocycles. The molecule has 0 aliphatic heterocycles. The SMILES string of the molecule is c1ccc(N(c2ccc3c(c2)c2ccccc2n3-c2ccccc2)c2ccc3ccc4cc(-c5ccc(N(c6ccccc6)c6cccc7c6oc6ccccc67)cc5)cc5ccc2c3c45)cc1. The molecule has 0 bridgehead atoms. The van der Waals surface area contributed by atoms with E-state index < -0.39 is 0 Å². The van der Waals surface area contributed by atoms with Gasteiger partial charge in [0.25, 0.3) is 0 Å². The zero-order valence-corrected chi connectivity index (χ0v) is 36.9. The minimum absolute atomic E-state index is 0.872. The Labute approximate surface area is 392 Å². The van der Waals surface area contributed by atoms with Crippen LogP contribution in [0, 0.1) is 0 Å². The van der Waals surface area contributed by atoms with Gasteiger partial charge in [0.15, 0.2) is 5.58 Å². The van der Waals surface area contributed by atoms with E-state index >= 15 is 0 Å². The first kappa shape index (κ1) is 38.2. The van der Waals surface area contributed by atoms with Gasteiger partial charge in [-0.2, -0.15) is 0 Å². The Morgan fingerprint density at radius 3 is 1.65 bits per heavy atom. The van der Waals surface area contributed by atoms with Crippen molar-refractivity contribution in [2.24, 2.45) is 0 Å². The number of aromatic nitrogens is 1. The van der Waals surface area contributed by atoms with E-state index in [0.717, 1.165) is 67.3 Å². The van der Waals surface area contributed by atoms with Crippen molar-refractivity contribution in [2.75, 3.05) is 9.80 Å². The Kier molecular flexibility index (Phi) is 8.55. The van der Waals surface area contributed by atoms with Gasteiger partial charge in [-0.05, 0) is 141 Å². The fraction of sp³-hybridized carbons (Fsp3) is 0. The van der Waals surface area contributed by atoms with E-state index in [2.05, 4.69) is 251 Å². The molecule has 0 amide bonds. The van der Waals surface area contributed by atoms with Gasteiger partial charge in [-0.15, -0.1) is 0 Å². The van der Waals surface area contributed by atoms with Crippen molar-refractivity contribution in [2.45, 2.75) is 0 Å². The van der Waals surface area contributed by atoms with Crippen molar-refractivity contribution in [3.63, 3.8) is 0 Å². The molecule has 0 N–H and O–H groups in total. The summed E-state index contributed by atoms with van der Waals surface area (Å²) in [6.07, 6.45) is 0. The number of anilines is 6.